The standard InChI is InChI=1S/C20H16Cl2/c1-13-15(9-5-11-19(13)21)17-7-3-4-8-18(17)16-10-6-12-20(22)14(16)2/h3-12H,1-2H3. The van der Waals surface area contributed by atoms with Crippen LogP contribution in [0.4, 0.5) is 0 Å². The minimum absolute atomic E-state index is 0.787. The molecule has 0 nitrogen and oxygen atoms in total. The first-order valence-electron chi connectivity index (χ1n) is 7.19. The van der Waals surface area contributed by atoms with E-state index in [0.29, 0.717) is 0 Å². The quantitative estimate of drug-likeness (QED) is 0.478. The van der Waals surface area contributed by atoms with Gasteiger partial charge in [0.2, 0.25) is 0 Å². The number of halogens is 2. The lowest BCUT2D eigenvalue weighted by Crippen LogP contribution is -1.91. The summed E-state index contributed by atoms with van der Waals surface area (Å²) in [5, 5.41) is 1.57. The highest BCUT2D eigenvalue weighted by Gasteiger charge is 2.12. The molecule has 3 rings (SSSR count). The van der Waals surface area contributed by atoms with Crippen LogP contribution in [0.5, 0.6) is 0 Å². The van der Waals surface area contributed by atoms with Gasteiger partial charge >= 0.3 is 0 Å². The second-order valence-electron chi connectivity index (χ2n) is 5.37. The van der Waals surface area contributed by atoms with Gasteiger partial charge in [-0.1, -0.05) is 71.7 Å². The molecular weight excluding hydrogens is 311 g/mol. The maximum atomic E-state index is 6.30. The van der Waals surface area contributed by atoms with Crippen molar-refractivity contribution in [1.82, 2.24) is 0 Å². The van der Waals surface area contributed by atoms with Crippen LogP contribution in [0.25, 0.3) is 22.3 Å². The number of hydrogen-bond donors (Lipinski definition) is 0. The van der Waals surface area contributed by atoms with Gasteiger partial charge in [-0.2, -0.15) is 0 Å². The first-order valence-corrected chi connectivity index (χ1v) is 7.95. The van der Waals surface area contributed by atoms with Crippen molar-refractivity contribution < 1.29 is 0 Å². The SMILES string of the molecule is Cc1c(Cl)cccc1-c1ccccc1-c1cccc(Cl)c1C. The lowest BCUT2D eigenvalue weighted by atomic mass is 9.90. The van der Waals surface area contributed by atoms with Crippen LogP contribution >= 0.6 is 23.2 Å². The summed E-state index contributed by atoms with van der Waals surface area (Å²) >= 11 is 12.6. The second-order valence-corrected chi connectivity index (χ2v) is 6.18. The Balaban J connectivity index is 2.28. The normalized spacial score (nSPS) is 10.7. The van der Waals surface area contributed by atoms with Gasteiger partial charge in [-0.25, -0.2) is 0 Å². The highest BCUT2D eigenvalue weighted by molar-refractivity contribution is 6.32. The lowest BCUT2D eigenvalue weighted by Gasteiger charge is -2.15. The van der Waals surface area contributed by atoms with Gasteiger partial charge in [0.05, 0.1) is 0 Å². The van der Waals surface area contributed by atoms with Gasteiger partial charge in [-0.05, 0) is 59.4 Å². The van der Waals surface area contributed by atoms with Gasteiger partial charge in [0.15, 0.2) is 0 Å². The van der Waals surface area contributed by atoms with Crippen molar-refractivity contribution in [3.8, 4) is 22.3 Å². The van der Waals surface area contributed by atoms with E-state index < -0.39 is 0 Å². The topological polar surface area (TPSA) is 0 Å². The van der Waals surface area contributed by atoms with E-state index in [1.807, 2.05) is 24.3 Å². The highest BCUT2D eigenvalue weighted by Crippen LogP contribution is 2.38. The largest absolute Gasteiger partial charge is 0.0840 e. The first kappa shape index (κ1) is 15.1. The average Bonchev–Trinajstić information content (AvgIpc) is 2.53. The molecule has 0 atom stereocenters. The zero-order chi connectivity index (χ0) is 15.7. The molecule has 0 amide bonds. The van der Waals surface area contributed by atoms with Crippen molar-refractivity contribution in [3.05, 3.63) is 81.8 Å². The van der Waals surface area contributed by atoms with Crippen molar-refractivity contribution in [2.75, 3.05) is 0 Å². The minimum atomic E-state index is 0.787. The zero-order valence-electron chi connectivity index (χ0n) is 12.5. The fourth-order valence-corrected chi connectivity index (χ4v) is 3.10. The zero-order valence-corrected chi connectivity index (χ0v) is 14.0. The third-order valence-electron chi connectivity index (χ3n) is 4.04. The summed E-state index contributed by atoms with van der Waals surface area (Å²) in [7, 11) is 0. The summed E-state index contributed by atoms with van der Waals surface area (Å²) < 4.78 is 0. The Morgan fingerprint density at radius 1 is 0.500 bits per heavy atom. The number of hydrogen-bond acceptors (Lipinski definition) is 0. The lowest BCUT2D eigenvalue weighted by molar-refractivity contribution is 1.43. The van der Waals surface area contributed by atoms with E-state index in [4.69, 9.17) is 23.2 Å². The molecule has 0 fully saturated rings. The summed E-state index contributed by atoms with van der Waals surface area (Å²) in [6.07, 6.45) is 0. The minimum Gasteiger partial charge on any atom is -0.0840 e. The van der Waals surface area contributed by atoms with E-state index in [-0.39, 0.29) is 0 Å². The van der Waals surface area contributed by atoms with Crippen LogP contribution in [0.1, 0.15) is 11.1 Å². The van der Waals surface area contributed by atoms with E-state index in [1.54, 1.807) is 0 Å². The van der Waals surface area contributed by atoms with Crippen molar-refractivity contribution >= 4 is 23.2 Å². The Bertz CT molecular complexity index is 764. The molecule has 0 bridgehead atoms. The molecule has 0 unspecified atom stereocenters. The molecule has 0 radical (unpaired) electrons. The smallest absolute Gasteiger partial charge is 0.0441 e. The summed E-state index contributed by atoms with van der Waals surface area (Å²) in [4.78, 5) is 0. The highest BCUT2D eigenvalue weighted by atomic mass is 35.5. The van der Waals surface area contributed by atoms with Crippen LogP contribution in [0.15, 0.2) is 60.7 Å². The summed E-state index contributed by atoms with van der Waals surface area (Å²) in [6.45, 7) is 4.11. The van der Waals surface area contributed by atoms with Crippen LogP contribution in [0, 0.1) is 13.8 Å². The Morgan fingerprint density at radius 3 is 1.27 bits per heavy atom. The van der Waals surface area contributed by atoms with Gasteiger partial charge in [0.1, 0.15) is 0 Å². The molecule has 0 spiro atoms. The Hall–Kier alpha value is -1.76. The third kappa shape index (κ3) is 2.65. The number of rotatable bonds is 2. The molecule has 0 saturated carbocycles. The van der Waals surface area contributed by atoms with E-state index in [0.717, 1.165) is 32.3 Å². The predicted octanol–water partition coefficient (Wildman–Crippen LogP) is 6.94. The second kappa shape index (κ2) is 6.16. The van der Waals surface area contributed by atoms with Gasteiger partial charge in [0.25, 0.3) is 0 Å². The average molecular weight is 327 g/mol. The van der Waals surface area contributed by atoms with E-state index in [9.17, 15) is 0 Å². The Kier molecular flexibility index (Phi) is 4.24. The van der Waals surface area contributed by atoms with Gasteiger partial charge < -0.3 is 0 Å². The van der Waals surface area contributed by atoms with Gasteiger partial charge in [-0.15, -0.1) is 0 Å². The molecule has 0 aliphatic rings. The molecule has 3 aromatic carbocycles. The van der Waals surface area contributed by atoms with Gasteiger partial charge in [-0.3, -0.25) is 0 Å². The molecule has 0 heterocycles. The van der Waals surface area contributed by atoms with Crippen LogP contribution in [-0.4, -0.2) is 0 Å². The molecule has 2 heteroatoms. The van der Waals surface area contributed by atoms with Crippen LogP contribution < -0.4 is 0 Å². The number of benzene rings is 3. The van der Waals surface area contributed by atoms with Crippen molar-refractivity contribution in [3.63, 3.8) is 0 Å². The molecule has 22 heavy (non-hydrogen) atoms. The molecule has 0 saturated heterocycles. The van der Waals surface area contributed by atoms with Crippen molar-refractivity contribution in [2.24, 2.45) is 0 Å². The van der Waals surface area contributed by atoms with E-state index >= 15 is 0 Å². The third-order valence-corrected chi connectivity index (χ3v) is 4.86. The van der Waals surface area contributed by atoms with E-state index in [1.165, 1.54) is 11.1 Å². The molecular formula is C20H16Cl2. The van der Waals surface area contributed by atoms with Crippen LogP contribution in [0.2, 0.25) is 10.0 Å². The maximum absolute atomic E-state index is 6.30. The fourth-order valence-electron chi connectivity index (χ4n) is 2.75. The first-order chi connectivity index (χ1) is 10.6. The monoisotopic (exact) mass is 326 g/mol. The summed E-state index contributed by atoms with van der Waals surface area (Å²) in [6, 6.07) is 20.4. The maximum Gasteiger partial charge on any atom is 0.0441 e. The van der Waals surface area contributed by atoms with Crippen LogP contribution in [0.3, 0.4) is 0 Å². The van der Waals surface area contributed by atoms with E-state index in [2.05, 4.69) is 50.2 Å². The van der Waals surface area contributed by atoms with Crippen molar-refractivity contribution in [1.29, 1.82) is 0 Å². The van der Waals surface area contributed by atoms with Gasteiger partial charge in [0, 0.05) is 10.0 Å². The molecule has 0 aromatic heterocycles. The predicted molar refractivity (Wildman–Crippen MR) is 96.8 cm³/mol. The van der Waals surface area contributed by atoms with Crippen LogP contribution in [-0.2, 0) is 0 Å². The Morgan fingerprint density at radius 2 is 0.864 bits per heavy atom. The molecule has 0 aliphatic carbocycles. The molecule has 0 aliphatic heterocycles. The Labute approximate surface area is 141 Å². The molecule has 110 valence electrons. The fraction of sp³-hybridized carbons (Fsp3) is 0.100. The molecule has 3 aromatic rings. The summed E-state index contributed by atoms with van der Waals surface area (Å²) in [5.74, 6) is 0. The van der Waals surface area contributed by atoms with Crippen molar-refractivity contribution in [2.45, 2.75) is 13.8 Å². The summed E-state index contributed by atoms with van der Waals surface area (Å²) in [5.41, 5.74) is 6.85. The molecule has 0 N–H and O–H groups in total.